The van der Waals surface area contributed by atoms with E-state index in [0.717, 1.165) is 44.7 Å². The molecule has 1 saturated heterocycles. The molecule has 0 amide bonds. The fraction of sp³-hybridized carbons (Fsp3) is 0.944. The van der Waals surface area contributed by atoms with Crippen LogP contribution in [0.5, 0.6) is 0 Å². The van der Waals surface area contributed by atoms with E-state index in [-0.39, 0.29) is 0 Å². The summed E-state index contributed by atoms with van der Waals surface area (Å²) in [7, 11) is 0. The minimum Gasteiger partial charge on any atom is -0.481 e. The van der Waals surface area contributed by atoms with Crippen molar-refractivity contribution in [3.63, 3.8) is 0 Å². The summed E-state index contributed by atoms with van der Waals surface area (Å²) >= 11 is 0. The predicted octanol–water partition coefficient (Wildman–Crippen LogP) is 3.92. The van der Waals surface area contributed by atoms with Gasteiger partial charge in [0, 0.05) is 12.6 Å². The molecule has 0 aromatic carbocycles. The number of likely N-dealkylation sites (tertiary alicyclic amines) is 1. The maximum atomic E-state index is 12.0. The zero-order valence-electron chi connectivity index (χ0n) is 13.5. The molecule has 3 fully saturated rings. The van der Waals surface area contributed by atoms with Gasteiger partial charge in [0.05, 0.1) is 5.41 Å². The molecule has 0 bridgehead atoms. The van der Waals surface area contributed by atoms with Crippen molar-refractivity contribution in [2.24, 2.45) is 17.3 Å². The monoisotopic (exact) mass is 293 g/mol. The van der Waals surface area contributed by atoms with Crippen LogP contribution in [0, 0.1) is 17.3 Å². The van der Waals surface area contributed by atoms with Gasteiger partial charge < -0.3 is 5.11 Å². The first kappa shape index (κ1) is 15.3. The van der Waals surface area contributed by atoms with Gasteiger partial charge in [-0.2, -0.15) is 0 Å². The summed E-state index contributed by atoms with van der Waals surface area (Å²) in [6.45, 7) is 4.21. The Morgan fingerprint density at radius 3 is 2.38 bits per heavy atom. The summed E-state index contributed by atoms with van der Waals surface area (Å²) in [5, 5.41) is 9.86. The van der Waals surface area contributed by atoms with Gasteiger partial charge in [-0.25, -0.2) is 0 Å². The number of hydrogen-bond acceptors (Lipinski definition) is 2. The van der Waals surface area contributed by atoms with Crippen molar-refractivity contribution >= 4 is 5.97 Å². The second-order valence-corrected chi connectivity index (χ2v) is 7.99. The number of carboxylic acids is 1. The topological polar surface area (TPSA) is 40.5 Å². The SMILES string of the molecule is CC1CCC(CN2CCCC2C2CCCC2)(C(=O)O)CC1. The van der Waals surface area contributed by atoms with Crippen molar-refractivity contribution in [1.29, 1.82) is 0 Å². The minimum atomic E-state index is -0.536. The van der Waals surface area contributed by atoms with Crippen LogP contribution in [0.2, 0.25) is 0 Å². The first-order chi connectivity index (χ1) is 10.1. The predicted molar refractivity (Wildman–Crippen MR) is 84.3 cm³/mol. The van der Waals surface area contributed by atoms with E-state index in [9.17, 15) is 9.90 Å². The molecule has 1 atom stereocenters. The Hall–Kier alpha value is -0.570. The molecule has 0 spiro atoms. The van der Waals surface area contributed by atoms with E-state index < -0.39 is 11.4 Å². The molecule has 1 aliphatic heterocycles. The molecule has 1 N–H and O–H groups in total. The molecule has 2 saturated carbocycles. The lowest BCUT2D eigenvalue weighted by molar-refractivity contribution is -0.153. The van der Waals surface area contributed by atoms with Gasteiger partial charge in [-0.3, -0.25) is 9.69 Å². The van der Waals surface area contributed by atoms with Crippen molar-refractivity contribution in [3.8, 4) is 0 Å². The molecule has 3 nitrogen and oxygen atoms in total. The third-order valence-corrected chi connectivity index (χ3v) is 6.55. The van der Waals surface area contributed by atoms with Gasteiger partial charge in [-0.15, -0.1) is 0 Å². The van der Waals surface area contributed by atoms with Crippen molar-refractivity contribution in [1.82, 2.24) is 4.90 Å². The quantitative estimate of drug-likeness (QED) is 0.854. The number of aliphatic carboxylic acids is 1. The molecule has 0 radical (unpaired) electrons. The maximum Gasteiger partial charge on any atom is 0.310 e. The third kappa shape index (κ3) is 3.13. The number of rotatable bonds is 4. The van der Waals surface area contributed by atoms with E-state index >= 15 is 0 Å². The van der Waals surface area contributed by atoms with Crippen molar-refractivity contribution in [2.75, 3.05) is 13.1 Å². The molecular formula is C18H31NO2. The number of carboxylic acid groups (broad SMARTS) is 1. The van der Waals surface area contributed by atoms with Crippen LogP contribution >= 0.6 is 0 Å². The Kier molecular flexibility index (Phi) is 4.58. The Morgan fingerprint density at radius 2 is 1.76 bits per heavy atom. The first-order valence-electron chi connectivity index (χ1n) is 9.08. The van der Waals surface area contributed by atoms with E-state index in [4.69, 9.17) is 0 Å². The van der Waals surface area contributed by atoms with Gasteiger partial charge in [0.15, 0.2) is 0 Å². The van der Waals surface area contributed by atoms with E-state index in [1.807, 2.05) is 0 Å². The first-order valence-corrected chi connectivity index (χ1v) is 9.08. The second-order valence-electron chi connectivity index (χ2n) is 7.99. The number of hydrogen-bond donors (Lipinski definition) is 1. The van der Waals surface area contributed by atoms with Crippen molar-refractivity contribution in [3.05, 3.63) is 0 Å². The minimum absolute atomic E-state index is 0.451. The molecule has 120 valence electrons. The molecule has 1 heterocycles. The third-order valence-electron chi connectivity index (χ3n) is 6.55. The molecule has 0 aromatic rings. The van der Waals surface area contributed by atoms with Crippen LogP contribution in [-0.4, -0.2) is 35.1 Å². The van der Waals surface area contributed by atoms with E-state index in [1.165, 1.54) is 38.5 Å². The summed E-state index contributed by atoms with van der Waals surface area (Å²) in [6.07, 6.45) is 12.0. The molecule has 0 aromatic heterocycles. The molecule has 1 unspecified atom stereocenters. The Balaban J connectivity index is 1.68. The van der Waals surface area contributed by atoms with E-state index in [0.29, 0.717) is 12.0 Å². The standard InChI is InChI=1S/C18H31NO2/c1-14-8-10-18(11-9-14,17(20)21)13-19-12-4-7-16(19)15-5-2-3-6-15/h14-16H,2-13H2,1H3,(H,20,21). The highest BCUT2D eigenvalue weighted by atomic mass is 16.4. The molecule has 3 rings (SSSR count). The van der Waals surface area contributed by atoms with Crippen molar-refractivity contribution in [2.45, 2.75) is 77.2 Å². The second kappa shape index (κ2) is 6.28. The van der Waals surface area contributed by atoms with E-state index in [1.54, 1.807) is 0 Å². The highest BCUT2D eigenvalue weighted by Gasteiger charge is 2.45. The van der Waals surface area contributed by atoms with Gasteiger partial charge in [0.25, 0.3) is 0 Å². The summed E-state index contributed by atoms with van der Waals surface area (Å²) in [4.78, 5) is 14.5. The summed E-state index contributed by atoms with van der Waals surface area (Å²) in [5.41, 5.74) is -0.451. The fourth-order valence-electron chi connectivity index (χ4n) is 5.07. The van der Waals surface area contributed by atoms with Crippen LogP contribution in [-0.2, 0) is 4.79 Å². The molecule has 3 aliphatic rings. The summed E-state index contributed by atoms with van der Waals surface area (Å²) in [5.74, 6) is 1.02. The lowest BCUT2D eigenvalue weighted by Gasteiger charge is -2.41. The fourth-order valence-corrected chi connectivity index (χ4v) is 5.07. The lowest BCUT2D eigenvalue weighted by atomic mass is 9.70. The average Bonchev–Trinajstić information content (AvgIpc) is 3.12. The molecule has 3 heteroatoms. The summed E-state index contributed by atoms with van der Waals surface area (Å²) in [6, 6.07) is 0.683. The van der Waals surface area contributed by atoms with Crippen LogP contribution < -0.4 is 0 Å². The zero-order valence-corrected chi connectivity index (χ0v) is 13.5. The maximum absolute atomic E-state index is 12.0. The van der Waals surface area contributed by atoms with Gasteiger partial charge in [-0.05, 0) is 69.7 Å². The average molecular weight is 293 g/mol. The highest BCUT2D eigenvalue weighted by Crippen LogP contribution is 2.43. The normalized spacial score (nSPS) is 38.9. The Morgan fingerprint density at radius 1 is 1.10 bits per heavy atom. The lowest BCUT2D eigenvalue weighted by Crippen LogP contribution is -2.48. The van der Waals surface area contributed by atoms with Gasteiger partial charge in [0.2, 0.25) is 0 Å². The van der Waals surface area contributed by atoms with Gasteiger partial charge in [-0.1, -0.05) is 19.8 Å². The Bertz CT molecular complexity index is 367. The van der Waals surface area contributed by atoms with Crippen LogP contribution in [0.3, 0.4) is 0 Å². The van der Waals surface area contributed by atoms with Crippen LogP contribution in [0.1, 0.15) is 71.1 Å². The Labute approximate surface area is 129 Å². The van der Waals surface area contributed by atoms with Gasteiger partial charge in [0.1, 0.15) is 0 Å². The van der Waals surface area contributed by atoms with Crippen LogP contribution in [0.4, 0.5) is 0 Å². The van der Waals surface area contributed by atoms with Crippen molar-refractivity contribution < 1.29 is 9.90 Å². The van der Waals surface area contributed by atoms with Crippen LogP contribution in [0.25, 0.3) is 0 Å². The van der Waals surface area contributed by atoms with Gasteiger partial charge >= 0.3 is 5.97 Å². The zero-order chi connectivity index (χ0) is 14.9. The molecular weight excluding hydrogens is 262 g/mol. The highest BCUT2D eigenvalue weighted by molar-refractivity contribution is 5.75. The number of carbonyl (C=O) groups is 1. The molecule has 21 heavy (non-hydrogen) atoms. The largest absolute Gasteiger partial charge is 0.481 e. The smallest absolute Gasteiger partial charge is 0.310 e. The van der Waals surface area contributed by atoms with Crippen LogP contribution in [0.15, 0.2) is 0 Å². The molecule has 2 aliphatic carbocycles. The van der Waals surface area contributed by atoms with E-state index in [2.05, 4.69) is 11.8 Å². The number of nitrogens with zero attached hydrogens (tertiary/aromatic N) is 1. The summed E-state index contributed by atoms with van der Waals surface area (Å²) < 4.78 is 0.